The SMILES string of the molecule is C[C@@]1(c2ccc(S(N)(=O)=O)cc2)NC(=O)NC1=O. The molecule has 3 amide bonds. The Kier molecular flexibility index (Phi) is 2.63. The van der Waals surface area contributed by atoms with Crippen molar-refractivity contribution >= 4 is 22.0 Å². The Morgan fingerprint density at radius 2 is 1.72 bits per heavy atom. The highest BCUT2D eigenvalue weighted by Gasteiger charge is 2.43. The zero-order chi connectivity index (χ0) is 13.6. The number of benzene rings is 1. The summed E-state index contributed by atoms with van der Waals surface area (Å²) in [6.07, 6.45) is 0. The van der Waals surface area contributed by atoms with Gasteiger partial charge in [-0.25, -0.2) is 18.4 Å². The summed E-state index contributed by atoms with van der Waals surface area (Å²) in [6, 6.07) is 4.86. The summed E-state index contributed by atoms with van der Waals surface area (Å²) in [5, 5.41) is 9.56. The van der Waals surface area contributed by atoms with E-state index in [1.807, 2.05) is 0 Å². The summed E-state index contributed by atoms with van der Waals surface area (Å²) in [5.74, 6) is -0.490. The second-order valence-electron chi connectivity index (χ2n) is 4.10. The molecule has 96 valence electrons. The van der Waals surface area contributed by atoms with Crippen LogP contribution in [0.3, 0.4) is 0 Å². The fourth-order valence-electron chi connectivity index (χ4n) is 1.72. The molecule has 1 saturated heterocycles. The highest BCUT2D eigenvalue weighted by Crippen LogP contribution is 2.25. The van der Waals surface area contributed by atoms with Crippen LogP contribution in [0.1, 0.15) is 12.5 Å². The zero-order valence-corrected chi connectivity index (χ0v) is 10.2. The summed E-state index contributed by atoms with van der Waals surface area (Å²) < 4.78 is 22.2. The van der Waals surface area contributed by atoms with Gasteiger partial charge in [-0.15, -0.1) is 0 Å². The van der Waals surface area contributed by atoms with Crippen molar-refractivity contribution < 1.29 is 18.0 Å². The molecule has 0 spiro atoms. The molecule has 18 heavy (non-hydrogen) atoms. The highest BCUT2D eigenvalue weighted by molar-refractivity contribution is 7.89. The van der Waals surface area contributed by atoms with Crippen molar-refractivity contribution in [2.45, 2.75) is 17.4 Å². The van der Waals surface area contributed by atoms with Gasteiger partial charge in [0.1, 0.15) is 5.54 Å². The van der Waals surface area contributed by atoms with E-state index in [1.54, 1.807) is 0 Å². The fourth-order valence-corrected chi connectivity index (χ4v) is 2.24. The Labute approximate surface area is 103 Å². The molecule has 1 aromatic carbocycles. The maximum atomic E-state index is 11.7. The minimum Gasteiger partial charge on any atom is -0.320 e. The molecule has 1 heterocycles. The molecule has 2 rings (SSSR count). The number of hydrogen-bond acceptors (Lipinski definition) is 4. The van der Waals surface area contributed by atoms with Crippen LogP contribution in [0.4, 0.5) is 4.79 Å². The maximum Gasteiger partial charge on any atom is 0.322 e. The molecule has 1 aliphatic rings. The van der Waals surface area contributed by atoms with Crippen molar-refractivity contribution in [3.05, 3.63) is 29.8 Å². The van der Waals surface area contributed by atoms with Gasteiger partial charge in [0.05, 0.1) is 4.90 Å². The second kappa shape index (κ2) is 3.79. The van der Waals surface area contributed by atoms with E-state index in [2.05, 4.69) is 10.6 Å². The predicted octanol–water partition coefficient (Wildman–Crippen LogP) is -0.611. The predicted molar refractivity (Wildman–Crippen MR) is 61.8 cm³/mol. The highest BCUT2D eigenvalue weighted by atomic mass is 32.2. The van der Waals surface area contributed by atoms with Crippen LogP contribution in [0, 0.1) is 0 Å². The molecular weight excluding hydrogens is 258 g/mol. The summed E-state index contributed by atoms with van der Waals surface area (Å²) in [6.45, 7) is 1.53. The fraction of sp³-hybridized carbons (Fsp3) is 0.200. The molecule has 0 saturated carbocycles. The number of rotatable bonds is 2. The number of nitrogens with two attached hydrogens (primary N) is 1. The molecule has 0 unspecified atom stereocenters. The van der Waals surface area contributed by atoms with Gasteiger partial charge >= 0.3 is 6.03 Å². The Hall–Kier alpha value is -1.93. The van der Waals surface area contributed by atoms with Gasteiger partial charge in [0.25, 0.3) is 5.91 Å². The van der Waals surface area contributed by atoms with Gasteiger partial charge in [0, 0.05) is 0 Å². The molecule has 1 aromatic rings. The first-order valence-electron chi connectivity index (χ1n) is 5.00. The summed E-state index contributed by atoms with van der Waals surface area (Å²) in [4.78, 5) is 22.7. The standard InChI is InChI=1S/C10H11N3O4S/c1-10(8(14)12-9(15)13-10)6-2-4-7(5-3-6)18(11,16)17/h2-5H,1H3,(H2,11,16,17)(H2,12,13,14,15)/t10-/m0/s1. The monoisotopic (exact) mass is 269 g/mol. The smallest absolute Gasteiger partial charge is 0.320 e. The van der Waals surface area contributed by atoms with E-state index in [4.69, 9.17) is 5.14 Å². The lowest BCUT2D eigenvalue weighted by Gasteiger charge is -2.21. The molecule has 7 nitrogen and oxygen atoms in total. The van der Waals surface area contributed by atoms with Crippen molar-refractivity contribution in [1.29, 1.82) is 0 Å². The number of carbonyl (C=O) groups is 2. The lowest BCUT2D eigenvalue weighted by Crippen LogP contribution is -2.40. The van der Waals surface area contributed by atoms with Crippen LogP contribution in [0.2, 0.25) is 0 Å². The van der Waals surface area contributed by atoms with Crippen LogP contribution in [0.15, 0.2) is 29.2 Å². The molecule has 0 aromatic heterocycles. The van der Waals surface area contributed by atoms with Gasteiger partial charge in [0.15, 0.2) is 0 Å². The molecular formula is C10H11N3O4S. The van der Waals surface area contributed by atoms with E-state index in [0.717, 1.165) is 0 Å². The summed E-state index contributed by atoms with van der Waals surface area (Å²) in [7, 11) is -3.78. The van der Waals surface area contributed by atoms with Crippen LogP contribution < -0.4 is 15.8 Å². The summed E-state index contributed by atoms with van der Waals surface area (Å²) >= 11 is 0. The first-order valence-corrected chi connectivity index (χ1v) is 6.55. The largest absolute Gasteiger partial charge is 0.322 e. The van der Waals surface area contributed by atoms with Gasteiger partial charge in [-0.1, -0.05) is 12.1 Å². The Morgan fingerprint density at radius 1 is 1.17 bits per heavy atom. The van der Waals surface area contributed by atoms with Crippen molar-refractivity contribution in [2.24, 2.45) is 5.14 Å². The molecule has 0 aliphatic carbocycles. The molecule has 4 N–H and O–H groups in total. The second-order valence-corrected chi connectivity index (χ2v) is 5.66. The number of hydrogen-bond donors (Lipinski definition) is 3. The third-order valence-corrected chi connectivity index (χ3v) is 3.73. The first kappa shape index (κ1) is 12.5. The van der Waals surface area contributed by atoms with Gasteiger partial charge in [0.2, 0.25) is 10.0 Å². The van der Waals surface area contributed by atoms with Crippen molar-refractivity contribution in [3.63, 3.8) is 0 Å². The van der Waals surface area contributed by atoms with Crippen molar-refractivity contribution in [2.75, 3.05) is 0 Å². The Balaban J connectivity index is 2.42. The van der Waals surface area contributed by atoms with E-state index in [-0.39, 0.29) is 4.90 Å². The number of carbonyl (C=O) groups excluding carboxylic acids is 2. The molecule has 1 atom stereocenters. The maximum absolute atomic E-state index is 11.7. The van der Waals surface area contributed by atoms with Gasteiger partial charge in [-0.2, -0.15) is 0 Å². The number of imide groups is 1. The van der Waals surface area contributed by atoms with Crippen LogP contribution in [-0.2, 0) is 20.4 Å². The number of nitrogens with one attached hydrogen (secondary N) is 2. The lowest BCUT2D eigenvalue weighted by molar-refractivity contribution is -0.123. The number of primary sulfonamides is 1. The quantitative estimate of drug-likeness (QED) is 0.620. The van der Waals surface area contributed by atoms with E-state index in [0.29, 0.717) is 5.56 Å². The number of urea groups is 1. The van der Waals surface area contributed by atoms with Crippen molar-refractivity contribution in [1.82, 2.24) is 10.6 Å². The van der Waals surface area contributed by atoms with Crippen LogP contribution in [0.5, 0.6) is 0 Å². The van der Waals surface area contributed by atoms with Crippen molar-refractivity contribution in [3.8, 4) is 0 Å². The van der Waals surface area contributed by atoms with E-state index < -0.39 is 27.5 Å². The Morgan fingerprint density at radius 3 is 2.11 bits per heavy atom. The minimum absolute atomic E-state index is 0.0559. The normalized spacial score (nSPS) is 23.7. The number of sulfonamides is 1. The van der Waals surface area contributed by atoms with Gasteiger partial charge in [-0.05, 0) is 24.6 Å². The number of amides is 3. The van der Waals surface area contributed by atoms with Gasteiger partial charge in [-0.3, -0.25) is 10.1 Å². The van der Waals surface area contributed by atoms with Crippen LogP contribution in [-0.4, -0.2) is 20.4 Å². The third-order valence-electron chi connectivity index (χ3n) is 2.80. The Bertz CT molecular complexity index is 623. The van der Waals surface area contributed by atoms with E-state index >= 15 is 0 Å². The molecule has 0 bridgehead atoms. The molecule has 0 radical (unpaired) electrons. The lowest BCUT2D eigenvalue weighted by atomic mass is 9.92. The van der Waals surface area contributed by atoms with E-state index in [1.165, 1.54) is 31.2 Å². The third kappa shape index (κ3) is 1.95. The average Bonchev–Trinajstić information content (AvgIpc) is 2.53. The van der Waals surface area contributed by atoms with Crippen LogP contribution >= 0.6 is 0 Å². The van der Waals surface area contributed by atoms with Gasteiger partial charge < -0.3 is 5.32 Å². The molecule has 1 aliphatic heterocycles. The average molecular weight is 269 g/mol. The summed E-state index contributed by atoms with van der Waals surface area (Å²) in [5.41, 5.74) is -0.730. The first-order chi connectivity index (χ1) is 8.23. The van der Waals surface area contributed by atoms with Crippen LogP contribution in [0.25, 0.3) is 0 Å². The van der Waals surface area contributed by atoms with E-state index in [9.17, 15) is 18.0 Å². The minimum atomic E-state index is -3.78. The molecule has 8 heteroatoms. The topological polar surface area (TPSA) is 118 Å². The molecule has 1 fully saturated rings. The zero-order valence-electron chi connectivity index (χ0n) is 9.43.